The van der Waals surface area contributed by atoms with Crippen LogP contribution >= 0.6 is 0 Å². The molecule has 5 nitrogen and oxygen atoms in total. The molecule has 0 aliphatic rings. The maximum atomic E-state index is 12.2. The molecule has 0 heterocycles. The smallest absolute Gasteiger partial charge is 0.313 e. The maximum Gasteiger partial charge on any atom is 0.313 e. The number of carbonyl (C=O) groups is 2. The molecule has 128 valence electrons. The lowest BCUT2D eigenvalue weighted by atomic mass is 10.1. The highest BCUT2D eigenvalue weighted by Crippen LogP contribution is 2.26. The van der Waals surface area contributed by atoms with Crippen LogP contribution in [-0.2, 0) is 9.59 Å². The number of benzene rings is 1. The first-order chi connectivity index (χ1) is 10.8. The van der Waals surface area contributed by atoms with Gasteiger partial charge in [-0.25, -0.2) is 0 Å². The van der Waals surface area contributed by atoms with Gasteiger partial charge in [0.1, 0.15) is 5.75 Å². The number of nitrogens with zero attached hydrogens (tertiary/aromatic N) is 1. The monoisotopic (exact) mass is 320 g/mol. The second-order valence-electron chi connectivity index (χ2n) is 6.21. The fraction of sp³-hybridized carbons (Fsp3) is 0.556. The highest BCUT2D eigenvalue weighted by atomic mass is 16.5. The third-order valence-electron chi connectivity index (χ3n) is 3.43. The van der Waals surface area contributed by atoms with E-state index in [0.29, 0.717) is 30.5 Å². The summed E-state index contributed by atoms with van der Waals surface area (Å²) in [6, 6.07) is 5.50. The van der Waals surface area contributed by atoms with Gasteiger partial charge in [0.15, 0.2) is 0 Å². The second kappa shape index (κ2) is 9.18. The van der Waals surface area contributed by atoms with Crippen LogP contribution in [0.2, 0.25) is 0 Å². The molecular weight excluding hydrogens is 292 g/mol. The summed E-state index contributed by atoms with van der Waals surface area (Å²) in [5, 5.41) is 2.66. The van der Waals surface area contributed by atoms with Crippen LogP contribution in [0.15, 0.2) is 18.2 Å². The van der Waals surface area contributed by atoms with Crippen molar-refractivity contribution in [2.24, 2.45) is 5.92 Å². The quantitative estimate of drug-likeness (QED) is 0.785. The minimum atomic E-state index is -0.638. The van der Waals surface area contributed by atoms with E-state index < -0.39 is 11.8 Å². The van der Waals surface area contributed by atoms with E-state index in [1.54, 1.807) is 13.1 Å². The molecule has 1 aromatic rings. The lowest BCUT2D eigenvalue weighted by molar-refractivity contribution is -0.142. The van der Waals surface area contributed by atoms with Crippen molar-refractivity contribution < 1.29 is 14.3 Å². The Hall–Kier alpha value is -2.04. The largest absolute Gasteiger partial charge is 0.491 e. The SMILES string of the molecule is CCCOc1cc(C)ccc1NC(=O)C(=O)N(C)CCC(C)C. The van der Waals surface area contributed by atoms with Crippen LogP contribution in [0.25, 0.3) is 0 Å². The number of aryl methyl sites for hydroxylation is 1. The molecule has 2 amide bonds. The van der Waals surface area contributed by atoms with Crippen molar-refractivity contribution in [3.8, 4) is 5.75 Å². The topological polar surface area (TPSA) is 58.6 Å². The highest BCUT2D eigenvalue weighted by molar-refractivity contribution is 6.39. The molecule has 0 aliphatic carbocycles. The van der Waals surface area contributed by atoms with E-state index in [-0.39, 0.29) is 0 Å². The van der Waals surface area contributed by atoms with Crippen LogP contribution in [-0.4, -0.2) is 36.9 Å². The molecular formula is C18H28N2O3. The molecule has 0 radical (unpaired) electrons. The third kappa shape index (κ3) is 6.30. The Balaban J connectivity index is 2.74. The zero-order valence-corrected chi connectivity index (χ0v) is 14.8. The Labute approximate surface area is 139 Å². The fourth-order valence-electron chi connectivity index (χ4n) is 1.97. The average Bonchev–Trinajstić information content (AvgIpc) is 2.51. The van der Waals surface area contributed by atoms with Gasteiger partial charge in [-0.05, 0) is 43.4 Å². The van der Waals surface area contributed by atoms with Crippen LogP contribution in [0.5, 0.6) is 5.75 Å². The molecule has 5 heteroatoms. The number of carbonyl (C=O) groups excluding carboxylic acids is 2. The Bertz CT molecular complexity index is 541. The molecule has 0 atom stereocenters. The van der Waals surface area contributed by atoms with Gasteiger partial charge in [0.05, 0.1) is 12.3 Å². The number of hydrogen-bond acceptors (Lipinski definition) is 3. The van der Waals surface area contributed by atoms with Gasteiger partial charge in [0.2, 0.25) is 0 Å². The molecule has 1 rings (SSSR count). The second-order valence-corrected chi connectivity index (χ2v) is 6.21. The van der Waals surface area contributed by atoms with E-state index in [2.05, 4.69) is 19.2 Å². The van der Waals surface area contributed by atoms with Crippen molar-refractivity contribution in [2.45, 2.75) is 40.5 Å². The maximum absolute atomic E-state index is 12.2. The van der Waals surface area contributed by atoms with Gasteiger partial charge in [-0.1, -0.05) is 26.8 Å². The van der Waals surface area contributed by atoms with Crippen LogP contribution in [0.3, 0.4) is 0 Å². The number of rotatable bonds is 7. The molecule has 1 N–H and O–H groups in total. The summed E-state index contributed by atoms with van der Waals surface area (Å²) in [4.78, 5) is 25.7. The fourth-order valence-corrected chi connectivity index (χ4v) is 1.97. The van der Waals surface area contributed by atoms with Crippen molar-refractivity contribution in [2.75, 3.05) is 25.5 Å². The Morgan fingerprint density at radius 1 is 1.30 bits per heavy atom. The summed E-state index contributed by atoms with van der Waals surface area (Å²) in [7, 11) is 1.65. The highest BCUT2D eigenvalue weighted by Gasteiger charge is 2.20. The average molecular weight is 320 g/mol. The standard InChI is InChI=1S/C18H28N2O3/c1-6-11-23-16-12-14(4)7-8-15(16)19-17(21)18(22)20(5)10-9-13(2)3/h7-8,12-13H,6,9-11H2,1-5H3,(H,19,21). The van der Waals surface area contributed by atoms with Crippen LogP contribution < -0.4 is 10.1 Å². The zero-order chi connectivity index (χ0) is 17.4. The van der Waals surface area contributed by atoms with E-state index in [9.17, 15) is 9.59 Å². The van der Waals surface area contributed by atoms with Gasteiger partial charge < -0.3 is 15.0 Å². The van der Waals surface area contributed by atoms with Crippen molar-refractivity contribution in [3.63, 3.8) is 0 Å². The summed E-state index contributed by atoms with van der Waals surface area (Å²) < 4.78 is 5.65. The lowest BCUT2D eigenvalue weighted by Gasteiger charge is -2.18. The minimum absolute atomic E-state index is 0.486. The van der Waals surface area contributed by atoms with E-state index >= 15 is 0 Å². The summed E-state index contributed by atoms with van der Waals surface area (Å²) >= 11 is 0. The molecule has 0 saturated carbocycles. The lowest BCUT2D eigenvalue weighted by Crippen LogP contribution is -2.38. The third-order valence-corrected chi connectivity index (χ3v) is 3.43. The summed E-state index contributed by atoms with van der Waals surface area (Å²) in [6.45, 7) is 9.27. The van der Waals surface area contributed by atoms with Gasteiger partial charge in [0.25, 0.3) is 0 Å². The molecule has 0 unspecified atom stereocenters. The molecule has 0 aromatic heterocycles. The summed E-state index contributed by atoms with van der Waals surface area (Å²) in [6.07, 6.45) is 1.74. The predicted molar refractivity (Wildman–Crippen MR) is 92.7 cm³/mol. The summed E-state index contributed by atoms with van der Waals surface area (Å²) in [5.41, 5.74) is 1.56. The molecule has 0 spiro atoms. The van der Waals surface area contributed by atoms with Crippen molar-refractivity contribution >= 4 is 17.5 Å². The Kier molecular flexibility index (Phi) is 7.59. The number of nitrogens with one attached hydrogen (secondary N) is 1. The van der Waals surface area contributed by atoms with Gasteiger partial charge in [-0.2, -0.15) is 0 Å². The van der Waals surface area contributed by atoms with E-state index in [4.69, 9.17) is 4.74 Å². The van der Waals surface area contributed by atoms with Crippen molar-refractivity contribution in [1.29, 1.82) is 0 Å². The molecule has 1 aromatic carbocycles. The number of hydrogen-bond donors (Lipinski definition) is 1. The first-order valence-electron chi connectivity index (χ1n) is 8.15. The van der Waals surface area contributed by atoms with Crippen LogP contribution in [0, 0.1) is 12.8 Å². The summed E-state index contributed by atoms with van der Waals surface area (Å²) in [5.74, 6) is -0.0913. The Morgan fingerprint density at radius 3 is 2.61 bits per heavy atom. The van der Waals surface area contributed by atoms with Gasteiger partial charge in [0, 0.05) is 13.6 Å². The van der Waals surface area contributed by atoms with E-state index in [0.717, 1.165) is 18.4 Å². The Morgan fingerprint density at radius 2 is 2.00 bits per heavy atom. The van der Waals surface area contributed by atoms with E-state index in [1.165, 1.54) is 4.90 Å². The molecule has 0 bridgehead atoms. The van der Waals surface area contributed by atoms with Crippen molar-refractivity contribution in [1.82, 2.24) is 4.90 Å². The zero-order valence-electron chi connectivity index (χ0n) is 14.8. The first kappa shape index (κ1) is 19.0. The number of likely N-dealkylation sites (N-methyl/N-ethyl adjacent to an activating group) is 1. The van der Waals surface area contributed by atoms with Gasteiger partial charge in [-0.15, -0.1) is 0 Å². The number of amides is 2. The first-order valence-corrected chi connectivity index (χ1v) is 8.15. The van der Waals surface area contributed by atoms with Gasteiger partial charge >= 0.3 is 11.8 Å². The normalized spacial score (nSPS) is 10.5. The molecule has 0 saturated heterocycles. The van der Waals surface area contributed by atoms with Crippen LogP contribution in [0.4, 0.5) is 5.69 Å². The predicted octanol–water partition coefficient (Wildman–Crippen LogP) is 3.23. The molecule has 0 fully saturated rings. The van der Waals surface area contributed by atoms with E-state index in [1.807, 2.05) is 26.0 Å². The minimum Gasteiger partial charge on any atom is -0.491 e. The number of anilines is 1. The van der Waals surface area contributed by atoms with Crippen LogP contribution in [0.1, 0.15) is 39.2 Å². The van der Waals surface area contributed by atoms with Gasteiger partial charge in [-0.3, -0.25) is 9.59 Å². The molecule has 23 heavy (non-hydrogen) atoms. The van der Waals surface area contributed by atoms with Crippen molar-refractivity contribution in [3.05, 3.63) is 23.8 Å². The number of ether oxygens (including phenoxy) is 1. The molecule has 0 aliphatic heterocycles.